The Bertz CT molecular complexity index is 936. The van der Waals surface area contributed by atoms with Crippen molar-refractivity contribution >= 4 is 5.95 Å². The Balaban J connectivity index is 1.56. The number of benzene rings is 1. The minimum absolute atomic E-state index is 0.0759. The standard InChI is InChI=1S/C19H18F4N4O/c20-18(21)7-27(8-18)16-25-14(13-5-6-19(22,23)15(13)26-16)11-1-3-12(4-2-11)17(24)9-28-10-17/h1-4H,5-10,24H2. The van der Waals surface area contributed by atoms with Gasteiger partial charge in [-0.3, -0.25) is 0 Å². The maximum atomic E-state index is 14.3. The number of halogens is 4. The van der Waals surface area contributed by atoms with Gasteiger partial charge in [0.2, 0.25) is 5.95 Å². The van der Waals surface area contributed by atoms with E-state index in [1.165, 1.54) is 4.90 Å². The summed E-state index contributed by atoms with van der Waals surface area (Å²) in [6, 6.07) is 7.21. The smallest absolute Gasteiger partial charge is 0.290 e. The van der Waals surface area contributed by atoms with Gasteiger partial charge in [-0.25, -0.2) is 18.7 Å². The maximum Gasteiger partial charge on any atom is 0.290 e. The second kappa shape index (κ2) is 5.64. The van der Waals surface area contributed by atoms with Crippen molar-refractivity contribution in [1.82, 2.24) is 9.97 Å². The van der Waals surface area contributed by atoms with E-state index >= 15 is 0 Å². The topological polar surface area (TPSA) is 64.3 Å². The van der Waals surface area contributed by atoms with E-state index in [-0.39, 0.29) is 24.5 Å². The fourth-order valence-electron chi connectivity index (χ4n) is 3.89. The number of fused-ring (bicyclic) bond motifs is 1. The summed E-state index contributed by atoms with van der Waals surface area (Å²) in [5, 5.41) is 0. The van der Waals surface area contributed by atoms with Crippen LogP contribution >= 0.6 is 0 Å². The lowest BCUT2D eigenvalue weighted by atomic mass is 9.88. The van der Waals surface area contributed by atoms with E-state index in [1.54, 1.807) is 12.1 Å². The van der Waals surface area contributed by atoms with E-state index in [4.69, 9.17) is 10.5 Å². The molecule has 2 saturated heterocycles. The predicted octanol–water partition coefficient (Wildman–Crippen LogP) is 2.82. The van der Waals surface area contributed by atoms with E-state index in [0.717, 1.165) is 5.56 Å². The van der Waals surface area contributed by atoms with Crippen LogP contribution < -0.4 is 10.6 Å². The first-order valence-electron chi connectivity index (χ1n) is 9.07. The van der Waals surface area contributed by atoms with E-state index in [9.17, 15) is 17.6 Å². The molecule has 9 heteroatoms. The van der Waals surface area contributed by atoms with Crippen molar-refractivity contribution in [2.24, 2.45) is 5.73 Å². The van der Waals surface area contributed by atoms with E-state index < -0.39 is 30.5 Å². The molecule has 1 aliphatic carbocycles. The largest absolute Gasteiger partial charge is 0.377 e. The number of nitrogens with zero attached hydrogens (tertiary/aromatic N) is 3. The molecule has 0 spiro atoms. The van der Waals surface area contributed by atoms with Crippen molar-refractivity contribution in [1.29, 1.82) is 0 Å². The highest BCUT2D eigenvalue weighted by Gasteiger charge is 2.48. The van der Waals surface area contributed by atoms with Gasteiger partial charge in [-0.05, 0) is 12.0 Å². The molecule has 0 unspecified atom stereocenters. The quantitative estimate of drug-likeness (QED) is 0.812. The van der Waals surface area contributed by atoms with Crippen LogP contribution in [0.5, 0.6) is 0 Å². The Morgan fingerprint density at radius 2 is 1.68 bits per heavy atom. The SMILES string of the molecule is NC1(c2ccc(-c3nc(N4CC(F)(F)C4)nc4c3CCC4(F)F)cc2)COC1. The minimum atomic E-state index is -3.08. The zero-order valence-electron chi connectivity index (χ0n) is 14.9. The molecule has 1 aromatic carbocycles. The molecule has 2 aliphatic heterocycles. The van der Waals surface area contributed by atoms with Gasteiger partial charge in [0.05, 0.1) is 37.5 Å². The van der Waals surface area contributed by atoms with Crippen molar-refractivity contribution in [2.75, 3.05) is 31.2 Å². The molecule has 3 aliphatic rings. The number of hydrogen-bond acceptors (Lipinski definition) is 5. The summed E-state index contributed by atoms with van der Waals surface area (Å²) in [5.74, 6) is -6.00. The monoisotopic (exact) mass is 394 g/mol. The average molecular weight is 394 g/mol. The Hall–Kier alpha value is -2.26. The molecule has 5 nitrogen and oxygen atoms in total. The van der Waals surface area contributed by atoms with Gasteiger partial charge in [-0.15, -0.1) is 0 Å². The summed E-state index contributed by atoms with van der Waals surface area (Å²) in [5.41, 5.74) is 7.61. The van der Waals surface area contributed by atoms with Crippen LogP contribution in [0.25, 0.3) is 11.3 Å². The van der Waals surface area contributed by atoms with Crippen molar-refractivity contribution in [3.05, 3.63) is 41.1 Å². The lowest BCUT2D eigenvalue weighted by molar-refractivity contribution is -0.0569. The molecule has 0 bridgehead atoms. The number of rotatable bonds is 3. The molecule has 3 heterocycles. The molecular formula is C19H18F4N4O. The van der Waals surface area contributed by atoms with Gasteiger partial charge in [0.1, 0.15) is 5.69 Å². The first kappa shape index (κ1) is 17.8. The average Bonchev–Trinajstić information content (AvgIpc) is 2.92. The third kappa shape index (κ3) is 2.68. The first-order valence-corrected chi connectivity index (χ1v) is 9.07. The van der Waals surface area contributed by atoms with Crippen LogP contribution in [-0.2, 0) is 22.6 Å². The fraction of sp³-hybridized carbons (Fsp3) is 0.474. The first-order chi connectivity index (χ1) is 13.2. The zero-order chi connectivity index (χ0) is 19.7. The summed E-state index contributed by atoms with van der Waals surface area (Å²) in [6.07, 6.45) is -0.213. The lowest BCUT2D eigenvalue weighted by Gasteiger charge is -2.39. The van der Waals surface area contributed by atoms with E-state index in [2.05, 4.69) is 9.97 Å². The highest BCUT2D eigenvalue weighted by molar-refractivity contribution is 5.67. The van der Waals surface area contributed by atoms with Crippen LogP contribution in [0, 0.1) is 0 Å². The van der Waals surface area contributed by atoms with Gasteiger partial charge in [0.15, 0.2) is 0 Å². The summed E-state index contributed by atoms with van der Waals surface area (Å²) >= 11 is 0. The molecule has 0 amide bonds. The van der Waals surface area contributed by atoms with Crippen molar-refractivity contribution in [2.45, 2.75) is 30.2 Å². The van der Waals surface area contributed by atoms with Crippen molar-refractivity contribution < 1.29 is 22.3 Å². The summed E-state index contributed by atoms with van der Waals surface area (Å²) in [4.78, 5) is 9.57. The number of ether oxygens (including phenoxy) is 1. The van der Waals surface area contributed by atoms with Crippen molar-refractivity contribution in [3.8, 4) is 11.3 Å². The Labute approximate surface area is 158 Å². The predicted molar refractivity (Wildman–Crippen MR) is 93.5 cm³/mol. The van der Waals surface area contributed by atoms with Gasteiger partial charge in [-0.1, -0.05) is 24.3 Å². The van der Waals surface area contributed by atoms with Gasteiger partial charge in [0, 0.05) is 17.5 Å². The molecule has 5 rings (SSSR count). The molecule has 0 saturated carbocycles. The second-order valence-electron chi connectivity index (χ2n) is 7.84. The molecule has 0 radical (unpaired) electrons. The van der Waals surface area contributed by atoms with Gasteiger partial charge >= 0.3 is 0 Å². The number of alkyl halides is 4. The third-order valence-corrected chi connectivity index (χ3v) is 5.61. The number of hydrogen-bond donors (Lipinski definition) is 1. The number of anilines is 1. The third-order valence-electron chi connectivity index (χ3n) is 5.61. The van der Waals surface area contributed by atoms with Crippen LogP contribution in [0.1, 0.15) is 23.2 Å². The molecule has 2 N–H and O–H groups in total. The van der Waals surface area contributed by atoms with Crippen molar-refractivity contribution in [3.63, 3.8) is 0 Å². The number of aromatic nitrogens is 2. The molecule has 1 aromatic heterocycles. The highest BCUT2D eigenvalue weighted by atomic mass is 19.3. The van der Waals surface area contributed by atoms with Crippen LogP contribution in [0.3, 0.4) is 0 Å². The van der Waals surface area contributed by atoms with Crippen LogP contribution in [0.15, 0.2) is 24.3 Å². The minimum Gasteiger partial charge on any atom is -0.377 e. The van der Waals surface area contributed by atoms with E-state index in [0.29, 0.717) is 30.0 Å². The van der Waals surface area contributed by atoms with Gasteiger partial charge in [-0.2, -0.15) is 8.78 Å². The molecular weight excluding hydrogens is 376 g/mol. The maximum absolute atomic E-state index is 14.3. The van der Waals surface area contributed by atoms with E-state index in [1.807, 2.05) is 12.1 Å². The zero-order valence-corrected chi connectivity index (χ0v) is 14.9. The van der Waals surface area contributed by atoms with Gasteiger partial charge in [0.25, 0.3) is 11.8 Å². The Morgan fingerprint density at radius 3 is 2.25 bits per heavy atom. The highest BCUT2D eigenvalue weighted by Crippen LogP contribution is 2.45. The molecule has 148 valence electrons. The summed E-state index contributed by atoms with van der Waals surface area (Å²) < 4.78 is 60.3. The van der Waals surface area contributed by atoms with Crippen LogP contribution in [-0.4, -0.2) is 42.2 Å². The lowest BCUT2D eigenvalue weighted by Crippen LogP contribution is -2.57. The molecule has 0 atom stereocenters. The number of nitrogens with two attached hydrogens (primary N) is 1. The Morgan fingerprint density at radius 1 is 1.00 bits per heavy atom. The summed E-state index contributed by atoms with van der Waals surface area (Å²) in [6.45, 7) is -0.277. The summed E-state index contributed by atoms with van der Waals surface area (Å²) in [7, 11) is 0. The fourth-order valence-corrected chi connectivity index (χ4v) is 3.89. The molecule has 2 aromatic rings. The molecule has 28 heavy (non-hydrogen) atoms. The van der Waals surface area contributed by atoms with Crippen LogP contribution in [0.4, 0.5) is 23.5 Å². The molecule has 2 fully saturated rings. The van der Waals surface area contributed by atoms with Gasteiger partial charge < -0.3 is 15.4 Å². The second-order valence-corrected chi connectivity index (χ2v) is 7.84. The normalized spacial score (nSPS) is 23.7. The van der Waals surface area contributed by atoms with Crippen LogP contribution in [0.2, 0.25) is 0 Å². The Kier molecular flexibility index (Phi) is 3.59.